The van der Waals surface area contributed by atoms with E-state index in [2.05, 4.69) is 9.97 Å². The largest absolute Gasteiger partial charge is 0.483 e. The Kier molecular flexibility index (Phi) is 4.22. The van der Waals surface area contributed by atoms with Gasteiger partial charge in [-0.25, -0.2) is 9.97 Å². The van der Waals surface area contributed by atoms with Gasteiger partial charge in [0.1, 0.15) is 11.9 Å². The second-order valence-electron chi connectivity index (χ2n) is 4.24. The number of ether oxygens (including phenoxy) is 1. The predicted molar refractivity (Wildman–Crippen MR) is 71.9 cm³/mol. The summed E-state index contributed by atoms with van der Waals surface area (Å²) in [6.45, 7) is 1.68. The number of anilines is 1. The number of benzene rings is 1. The third kappa shape index (κ3) is 3.75. The van der Waals surface area contributed by atoms with E-state index >= 15 is 0 Å². The van der Waals surface area contributed by atoms with Gasteiger partial charge in [-0.3, -0.25) is 0 Å². The summed E-state index contributed by atoms with van der Waals surface area (Å²) < 4.78 is 43.1. The fourth-order valence-corrected chi connectivity index (χ4v) is 1.86. The topological polar surface area (TPSA) is 61.0 Å². The zero-order valence-electron chi connectivity index (χ0n) is 10.9. The maximum absolute atomic E-state index is 12.5. The monoisotopic (exact) mass is 317 g/mol. The van der Waals surface area contributed by atoms with Crippen LogP contribution < -0.4 is 10.5 Å². The summed E-state index contributed by atoms with van der Waals surface area (Å²) in [5.74, 6) is 0.218. The van der Waals surface area contributed by atoms with Crippen molar-refractivity contribution in [3.05, 3.63) is 46.7 Å². The number of hydrogen-bond acceptors (Lipinski definition) is 4. The van der Waals surface area contributed by atoms with Crippen molar-refractivity contribution in [1.29, 1.82) is 0 Å². The Morgan fingerprint density at radius 3 is 2.57 bits per heavy atom. The fraction of sp³-hybridized carbons (Fsp3) is 0.231. The van der Waals surface area contributed by atoms with Crippen molar-refractivity contribution >= 4 is 17.5 Å². The molecule has 1 aromatic carbocycles. The first-order valence-electron chi connectivity index (χ1n) is 5.89. The molecule has 0 fully saturated rings. The van der Waals surface area contributed by atoms with Crippen molar-refractivity contribution in [3.63, 3.8) is 0 Å². The van der Waals surface area contributed by atoms with Crippen LogP contribution >= 0.6 is 11.6 Å². The van der Waals surface area contributed by atoms with Crippen molar-refractivity contribution in [2.45, 2.75) is 19.2 Å². The number of rotatable bonds is 3. The van der Waals surface area contributed by atoms with Gasteiger partial charge in [0, 0.05) is 6.20 Å². The molecule has 0 aliphatic rings. The summed E-state index contributed by atoms with van der Waals surface area (Å²) in [5, 5.41) is -0.126. The highest BCUT2D eigenvalue weighted by Crippen LogP contribution is 2.36. The van der Waals surface area contributed by atoms with Gasteiger partial charge in [0.15, 0.2) is 0 Å². The number of aromatic nitrogens is 2. The standard InChI is InChI=1S/C13H11ClF3N3O/c1-7(10-4-5-19-12(18)20-10)21-11-3-2-8(6-9(11)14)13(15,16)17/h2-7H,1H3,(H2,18,19,20)/t7-/m1/s1. The van der Waals surface area contributed by atoms with E-state index in [-0.39, 0.29) is 16.7 Å². The molecule has 0 unspecified atom stereocenters. The summed E-state index contributed by atoms with van der Waals surface area (Å²) in [5.41, 5.74) is 5.12. The number of halogens is 4. The van der Waals surface area contributed by atoms with Gasteiger partial charge in [-0.1, -0.05) is 11.6 Å². The van der Waals surface area contributed by atoms with E-state index in [1.165, 1.54) is 12.3 Å². The molecule has 1 atom stereocenters. The van der Waals surface area contributed by atoms with Gasteiger partial charge in [-0.05, 0) is 31.2 Å². The SMILES string of the molecule is C[C@@H](Oc1ccc(C(F)(F)F)cc1Cl)c1ccnc(N)n1. The molecule has 2 N–H and O–H groups in total. The van der Waals surface area contributed by atoms with Crippen LogP contribution in [0.25, 0.3) is 0 Å². The molecular formula is C13H11ClF3N3O. The number of nitrogens with two attached hydrogens (primary N) is 1. The Bertz CT molecular complexity index is 649. The Balaban J connectivity index is 2.20. The molecule has 1 aromatic heterocycles. The first-order chi connectivity index (χ1) is 9.77. The Labute approximate surface area is 123 Å². The lowest BCUT2D eigenvalue weighted by molar-refractivity contribution is -0.137. The van der Waals surface area contributed by atoms with Crippen molar-refractivity contribution < 1.29 is 17.9 Å². The highest BCUT2D eigenvalue weighted by molar-refractivity contribution is 6.32. The average molecular weight is 318 g/mol. The van der Waals surface area contributed by atoms with Crippen LogP contribution in [0.2, 0.25) is 5.02 Å². The minimum absolute atomic E-state index is 0.0847. The van der Waals surface area contributed by atoms with Crippen LogP contribution in [-0.4, -0.2) is 9.97 Å². The van der Waals surface area contributed by atoms with Crippen LogP contribution in [-0.2, 0) is 6.18 Å². The van der Waals surface area contributed by atoms with Crippen LogP contribution in [0.4, 0.5) is 19.1 Å². The predicted octanol–water partition coefficient (Wildman–Crippen LogP) is 3.87. The maximum atomic E-state index is 12.5. The van der Waals surface area contributed by atoms with Crippen molar-refractivity contribution in [1.82, 2.24) is 9.97 Å². The van der Waals surface area contributed by atoms with Crippen LogP contribution in [0.5, 0.6) is 5.75 Å². The number of hydrogen-bond donors (Lipinski definition) is 1. The smallest absolute Gasteiger partial charge is 0.416 e. The van der Waals surface area contributed by atoms with Crippen molar-refractivity contribution in [2.24, 2.45) is 0 Å². The number of nitrogen functional groups attached to an aromatic ring is 1. The first-order valence-corrected chi connectivity index (χ1v) is 6.27. The van der Waals surface area contributed by atoms with E-state index in [0.29, 0.717) is 5.69 Å². The van der Waals surface area contributed by atoms with E-state index in [4.69, 9.17) is 22.1 Å². The molecule has 21 heavy (non-hydrogen) atoms. The molecule has 0 spiro atoms. The quantitative estimate of drug-likeness (QED) is 0.933. The second-order valence-corrected chi connectivity index (χ2v) is 4.65. The normalized spacial score (nSPS) is 13.0. The van der Waals surface area contributed by atoms with Crippen LogP contribution in [0, 0.1) is 0 Å². The van der Waals surface area contributed by atoms with Gasteiger partial charge in [0.2, 0.25) is 5.95 Å². The van der Waals surface area contributed by atoms with Gasteiger partial charge in [0.25, 0.3) is 0 Å². The minimum atomic E-state index is -4.45. The Morgan fingerprint density at radius 1 is 1.29 bits per heavy atom. The Hall–Kier alpha value is -2.02. The lowest BCUT2D eigenvalue weighted by Crippen LogP contribution is -2.09. The van der Waals surface area contributed by atoms with Gasteiger partial charge in [-0.15, -0.1) is 0 Å². The van der Waals surface area contributed by atoms with Crippen LogP contribution in [0.15, 0.2) is 30.5 Å². The van der Waals surface area contributed by atoms with Crippen molar-refractivity contribution in [2.75, 3.05) is 5.73 Å². The molecule has 0 radical (unpaired) electrons. The highest BCUT2D eigenvalue weighted by atomic mass is 35.5. The van der Waals surface area contributed by atoms with Gasteiger partial charge >= 0.3 is 6.18 Å². The summed E-state index contributed by atoms with van der Waals surface area (Å²) >= 11 is 5.82. The lowest BCUT2D eigenvalue weighted by Gasteiger charge is -2.16. The molecule has 1 heterocycles. The number of alkyl halides is 3. The summed E-state index contributed by atoms with van der Waals surface area (Å²) in [6, 6.07) is 4.49. The third-order valence-electron chi connectivity index (χ3n) is 2.68. The summed E-state index contributed by atoms with van der Waals surface area (Å²) in [4.78, 5) is 7.72. The minimum Gasteiger partial charge on any atom is -0.483 e. The molecule has 0 saturated heterocycles. The maximum Gasteiger partial charge on any atom is 0.416 e. The molecule has 0 bridgehead atoms. The Morgan fingerprint density at radius 2 is 2.00 bits per heavy atom. The summed E-state index contributed by atoms with van der Waals surface area (Å²) in [6.07, 6.45) is -3.52. The van der Waals surface area contributed by atoms with E-state index in [9.17, 15) is 13.2 Å². The van der Waals surface area contributed by atoms with E-state index in [0.717, 1.165) is 12.1 Å². The molecule has 2 rings (SSSR count). The second kappa shape index (κ2) is 5.77. The zero-order chi connectivity index (χ0) is 15.6. The highest BCUT2D eigenvalue weighted by Gasteiger charge is 2.31. The average Bonchev–Trinajstić information content (AvgIpc) is 2.39. The molecule has 0 aliphatic heterocycles. The van der Waals surface area contributed by atoms with E-state index in [1.54, 1.807) is 13.0 Å². The first kappa shape index (κ1) is 15.4. The fourth-order valence-electron chi connectivity index (χ4n) is 1.64. The molecule has 2 aromatic rings. The van der Waals surface area contributed by atoms with Crippen molar-refractivity contribution in [3.8, 4) is 5.75 Å². The van der Waals surface area contributed by atoms with Crippen LogP contribution in [0.1, 0.15) is 24.3 Å². The molecule has 8 heteroatoms. The van der Waals surface area contributed by atoms with E-state index in [1.807, 2.05) is 0 Å². The lowest BCUT2D eigenvalue weighted by atomic mass is 10.2. The van der Waals surface area contributed by atoms with E-state index < -0.39 is 17.8 Å². The molecule has 0 aliphatic carbocycles. The summed E-state index contributed by atoms with van der Waals surface area (Å²) in [7, 11) is 0. The molecule has 112 valence electrons. The zero-order valence-corrected chi connectivity index (χ0v) is 11.6. The third-order valence-corrected chi connectivity index (χ3v) is 2.97. The molecule has 0 amide bonds. The van der Waals surface area contributed by atoms with Gasteiger partial charge in [-0.2, -0.15) is 13.2 Å². The molecule has 4 nitrogen and oxygen atoms in total. The van der Waals surface area contributed by atoms with Gasteiger partial charge in [0.05, 0.1) is 16.3 Å². The number of nitrogens with zero attached hydrogens (tertiary/aromatic N) is 2. The van der Waals surface area contributed by atoms with Gasteiger partial charge < -0.3 is 10.5 Å². The van der Waals surface area contributed by atoms with Crippen LogP contribution in [0.3, 0.4) is 0 Å². The molecule has 0 saturated carbocycles. The molecular weight excluding hydrogens is 307 g/mol.